The Kier molecular flexibility index (Phi) is 6.23. The van der Waals surface area contributed by atoms with Gasteiger partial charge in [0.05, 0.1) is 0 Å². The monoisotopic (exact) mass is 356 g/mol. The normalized spacial score (nSPS) is 14.3. The van der Waals surface area contributed by atoms with Gasteiger partial charge in [0.15, 0.2) is 0 Å². The summed E-state index contributed by atoms with van der Waals surface area (Å²) in [4.78, 5) is 14.4. The summed E-state index contributed by atoms with van der Waals surface area (Å²) in [6.45, 7) is 2.75. The summed E-state index contributed by atoms with van der Waals surface area (Å²) in [5.74, 6) is 2.63. The van der Waals surface area contributed by atoms with Gasteiger partial charge in [0.1, 0.15) is 5.75 Å². The molecule has 5 heteroatoms. The van der Waals surface area contributed by atoms with Crippen LogP contribution in [0.25, 0.3) is 0 Å². The Morgan fingerprint density at radius 3 is 2.52 bits per heavy atom. The number of phenolic OH excluding ortho intramolecular Hbond substituents is 1. The number of aromatic hydroxyl groups is 1. The number of carbonyl (C=O) groups is 1. The van der Waals surface area contributed by atoms with Crippen LogP contribution in [0.4, 0.5) is 5.69 Å². The van der Waals surface area contributed by atoms with Crippen molar-refractivity contribution in [1.82, 2.24) is 5.32 Å². The highest BCUT2D eigenvalue weighted by Crippen LogP contribution is 2.20. The molecular weight excluding hydrogens is 332 g/mol. The maximum atomic E-state index is 12.0. The predicted octanol–water partition coefficient (Wildman–Crippen LogP) is 3.19. The van der Waals surface area contributed by atoms with Crippen LogP contribution in [-0.2, 0) is 17.8 Å². The fraction of sp³-hybridized carbons (Fsp3) is 0.350. The van der Waals surface area contributed by atoms with E-state index >= 15 is 0 Å². The van der Waals surface area contributed by atoms with E-state index in [1.165, 1.54) is 17.2 Å². The fourth-order valence-electron chi connectivity index (χ4n) is 2.91. The maximum absolute atomic E-state index is 12.0. The van der Waals surface area contributed by atoms with Crippen LogP contribution in [0, 0.1) is 0 Å². The van der Waals surface area contributed by atoms with E-state index in [9.17, 15) is 9.90 Å². The molecule has 0 radical (unpaired) electrons. The van der Waals surface area contributed by atoms with Crippen LogP contribution in [0.15, 0.2) is 48.5 Å². The number of hydrogen-bond acceptors (Lipinski definition) is 4. The lowest BCUT2D eigenvalue weighted by Crippen LogP contribution is -2.32. The number of para-hydroxylation sites is 1. The number of anilines is 1. The van der Waals surface area contributed by atoms with Gasteiger partial charge in [-0.2, -0.15) is 11.8 Å². The van der Waals surface area contributed by atoms with Crippen LogP contribution in [0.5, 0.6) is 5.75 Å². The number of benzene rings is 2. The van der Waals surface area contributed by atoms with Crippen molar-refractivity contribution in [3.63, 3.8) is 0 Å². The number of rotatable bonds is 6. The molecular formula is C20H24N2O2S. The molecule has 0 unspecified atom stereocenters. The predicted molar refractivity (Wildman–Crippen MR) is 104 cm³/mol. The standard InChI is InChI=1S/C20H24N2O2S/c23-19-4-2-1-3-17(19)7-10-20(24)21-15-16-5-8-18(9-6-16)22-11-13-25-14-12-22/h1-6,8-9,23H,7,10-15H2,(H,21,24). The van der Waals surface area contributed by atoms with Gasteiger partial charge in [-0.15, -0.1) is 0 Å². The number of hydrogen-bond donors (Lipinski definition) is 2. The molecule has 4 nitrogen and oxygen atoms in total. The molecule has 0 atom stereocenters. The molecule has 2 aromatic carbocycles. The van der Waals surface area contributed by atoms with Crippen molar-refractivity contribution in [3.8, 4) is 5.75 Å². The molecule has 25 heavy (non-hydrogen) atoms. The first kappa shape index (κ1) is 17.7. The molecule has 2 N–H and O–H groups in total. The molecule has 0 aromatic heterocycles. The number of thioether (sulfide) groups is 1. The van der Waals surface area contributed by atoms with Crippen molar-refractivity contribution in [1.29, 1.82) is 0 Å². The van der Waals surface area contributed by atoms with E-state index in [0.717, 1.165) is 24.2 Å². The third kappa shape index (κ3) is 5.16. The molecule has 3 rings (SSSR count). The zero-order valence-corrected chi connectivity index (χ0v) is 15.1. The summed E-state index contributed by atoms with van der Waals surface area (Å²) in [5, 5.41) is 12.7. The zero-order valence-electron chi connectivity index (χ0n) is 14.3. The molecule has 0 spiro atoms. The van der Waals surface area contributed by atoms with E-state index in [4.69, 9.17) is 0 Å². The van der Waals surface area contributed by atoms with E-state index in [2.05, 4.69) is 34.5 Å². The molecule has 0 aliphatic carbocycles. The Balaban J connectivity index is 1.44. The second-order valence-corrected chi connectivity index (χ2v) is 7.40. The smallest absolute Gasteiger partial charge is 0.220 e. The molecule has 1 saturated heterocycles. The number of nitrogens with one attached hydrogen (secondary N) is 1. The number of nitrogens with zero attached hydrogens (tertiary/aromatic N) is 1. The third-order valence-corrected chi connectivity index (χ3v) is 5.36. The Hall–Kier alpha value is -2.14. The van der Waals surface area contributed by atoms with Gasteiger partial charge in [-0.05, 0) is 35.7 Å². The second kappa shape index (κ2) is 8.81. The molecule has 2 aromatic rings. The largest absolute Gasteiger partial charge is 0.508 e. The summed E-state index contributed by atoms with van der Waals surface area (Å²) < 4.78 is 0. The Labute approximate surface area is 153 Å². The number of phenols is 1. The van der Waals surface area contributed by atoms with Gasteiger partial charge in [0.25, 0.3) is 0 Å². The average molecular weight is 356 g/mol. The van der Waals surface area contributed by atoms with Gasteiger partial charge in [-0.25, -0.2) is 0 Å². The molecule has 1 amide bonds. The van der Waals surface area contributed by atoms with Gasteiger partial charge in [0.2, 0.25) is 5.91 Å². The average Bonchev–Trinajstić information content (AvgIpc) is 2.67. The number of amides is 1. The van der Waals surface area contributed by atoms with Crippen LogP contribution in [0.1, 0.15) is 17.5 Å². The van der Waals surface area contributed by atoms with Crippen LogP contribution < -0.4 is 10.2 Å². The first-order chi connectivity index (χ1) is 12.2. The molecule has 132 valence electrons. The van der Waals surface area contributed by atoms with Gasteiger partial charge < -0.3 is 15.3 Å². The highest BCUT2D eigenvalue weighted by atomic mass is 32.2. The second-order valence-electron chi connectivity index (χ2n) is 6.17. The van der Waals surface area contributed by atoms with E-state index < -0.39 is 0 Å². The lowest BCUT2D eigenvalue weighted by atomic mass is 10.1. The van der Waals surface area contributed by atoms with Crippen molar-refractivity contribution >= 4 is 23.4 Å². The Morgan fingerprint density at radius 2 is 1.80 bits per heavy atom. The molecule has 1 aliphatic heterocycles. The first-order valence-corrected chi connectivity index (χ1v) is 9.83. The molecule has 1 fully saturated rings. The van der Waals surface area contributed by atoms with Gasteiger partial charge in [-0.3, -0.25) is 4.79 Å². The van der Waals surface area contributed by atoms with Gasteiger partial charge >= 0.3 is 0 Å². The summed E-state index contributed by atoms with van der Waals surface area (Å²) in [5.41, 5.74) is 3.17. The molecule has 0 bridgehead atoms. The lowest BCUT2D eigenvalue weighted by molar-refractivity contribution is -0.121. The van der Waals surface area contributed by atoms with Crippen molar-refractivity contribution in [2.75, 3.05) is 29.5 Å². The Morgan fingerprint density at radius 1 is 1.08 bits per heavy atom. The lowest BCUT2D eigenvalue weighted by Gasteiger charge is -2.28. The summed E-state index contributed by atoms with van der Waals surface area (Å²) in [6.07, 6.45) is 0.922. The maximum Gasteiger partial charge on any atom is 0.220 e. The minimum absolute atomic E-state index is 0.000356. The Bertz CT molecular complexity index is 697. The minimum Gasteiger partial charge on any atom is -0.508 e. The van der Waals surface area contributed by atoms with Crippen LogP contribution in [0.3, 0.4) is 0 Å². The first-order valence-electron chi connectivity index (χ1n) is 8.67. The van der Waals surface area contributed by atoms with E-state index in [1.807, 2.05) is 23.9 Å². The molecule has 0 saturated carbocycles. The summed E-state index contributed by atoms with van der Waals surface area (Å²) in [6, 6.07) is 15.6. The van der Waals surface area contributed by atoms with Crippen molar-refractivity contribution in [2.24, 2.45) is 0 Å². The van der Waals surface area contributed by atoms with E-state index in [0.29, 0.717) is 19.4 Å². The number of carbonyl (C=O) groups excluding carboxylic acids is 1. The number of aryl methyl sites for hydroxylation is 1. The third-order valence-electron chi connectivity index (χ3n) is 4.42. The van der Waals surface area contributed by atoms with Crippen LogP contribution in [0.2, 0.25) is 0 Å². The van der Waals surface area contributed by atoms with Crippen molar-refractivity contribution < 1.29 is 9.90 Å². The van der Waals surface area contributed by atoms with Crippen LogP contribution >= 0.6 is 11.8 Å². The van der Waals surface area contributed by atoms with Crippen molar-refractivity contribution in [3.05, 3.63) is 59.7 Å². The van der Waals surface area contributed by atoms with E-state index in [1.54, 1.807) is 12.1 Å². The van der Waals surface area contributed by atoms with Crippen LogP contribution in [-0.4, -0.2) is 35.6 Å². The minimum atomic E-state index is 0.000356. The SMILES string of the molecule is O=C(CCc1ccccc1O)NCc1ccc(N2CCSCC2)cc1. The summed E-state index contributed by atoms with van der Waals surface area (Å²) in [7, 11) is 0. The van der Waals surface area contributed by atoms with Gasteiger partial charge in [-0.1, -0.05) is 30.3 Å². The molecule has 1 aliphatic rings. The van der Waals surface area contributed by atoms with E-state index in [-0.39, 0.29) is 11.7 Å². The molecule has 1 heterocycles. The summed E-state index contributed by atoms with van der Waals surface area (Å²) >= 11 is 2.01. The highest BCUT2D eigenvalue weighted by molar-refractivity contribution is 7.99. The quantitative estimate of drug-likeness (QED) is 0.835. The fourth-order valence-corrected chi connectivity index (χ4v) is 3.81. The zero-order chi connectivity index (χ0) is 17.5. The van der Waals surface area contributed by atoms with Gasteiger partial charge in [0, 0.05) is 43.2 Å². The topological polar surface area (TPSA) is 52.6 Å². The highest BCUT2D eigenvalue weighted by Gasteiger charge is 2.11. The van der Waals surface area contributed by atoms with Crippen molar-refractivity contribution in [2.45, 2.75) is 19.4 Å².